The van der Waals surface area contributed by atoms with E-state index in [4.69, 9.17) is 10.4 Å². The summed E-state index contributed by atoms with van der Waals surface area (Å²) in [5.74, 6) is -0.225. The molecule has 0 spiro atoms. The van der Waals surface area contributed by atoms with Crippen LogP contribution in [-0.2, 0) is 4.79 Å². The molecule has 104 valence electrons. The molecule has 7 heteroatoms. The summed E-state index contributed by atoms with van der Waals surface area (Å²) in [6.45, 7) is 0. The number of hydrogen-bond acceptors (Lipinski definition) is 5. The average molecular weight is 308 g/mol. The number of nitrogens with zero attached hydrogens (tertiary/aromatic N) is 2. The number of amides is 1. The number of aliphatic carboxylic acids is 1. The smallest absolute Gasteiger partial charge is 0.327 e. The number of nitriles is 1. The summed E-state index contributed by atoms with van der Waals surface area (Å²) in [6, 6.07) is 8.22. The van der Waals surface area contributed by atoms with Gasteiger partial charge in [-0.05, 0) is 12.1 Å². The minimum absolute atomic E-state index is 0.251. The number of hydrogen-bond donors (Lipinski definition) is 1. The lowest BCUT2D eigenvalue weighted by atomic mass is 10.2. The van der Waals surface area contributed by atoms with Crippen molar-refractivity contribution in [3.05, 3.63) is 29.8 Å². The van der Waals surface area contributed by atoms with Crippen LogP contribution < -0.4 is 0 Å². The van der Waals surface area contributed by atoms with Crippen molar-refractivity contribution in [2.24, 2.45) is 0 Å². The summed E-state index contributed by atoms with van der Waals surface area (Å²) in [7, 11) is 0. The van der Waals surface area contributed by atoms with Gasteiger partial charge in [-0.2, -0.15) is 5.26 Å². The molecule has 1 N–H and O–H groups in total. The van der Waals surface area contributed by atoms with Crippen LogP contribution in [0, 0.1) is 11.3 Å². The zero-order valence-corrected chi connectivity index (χ0v) is 12.1. The van der Waals surface area contributed by atoms with Crippen molar-refractivity contribution in [1.82, 2.24) is 4.90 Å². The van der Waals surface area contributed by atoms with Gasteiger partial charge in [0.05, 0.1) is 23.3 Å². The molecular weight excluding hydrogens is 296 g/mol. The Hall–Kier alpha value is -1.65. The molecule has 0 aromatic heterocycles. The maximum Gasteiger partial charge on any atom is 0.327 e. The third-order valence-electron chi connectivity index (χ3n) is 2.84. The molecule has 2 rings (SSSR count). The van der Waals surface area contributed by atoms with Crippen LogP contribution >= 0.6 is 23.5 Å². The molecule has 0 saturated carbocycles. The van der Waals surface area contributed by atoms with Gasteiger partial charge in [0.15, 0.2) is 0 Å². The monoisotopic (exact) mass is 308 g/mol. The highest BCUT2D eigenvalue weighted by atomic mass is 32.2. The average Bonchev–Trinajstić information content (AvgIpc) is 2.94. The van der Waals surface area contributed by atoms with E-state index in [-0.39, 0.29) is 11.7 Å². The molecule has 1 aromatic carbocycles. The third kappa shape index (κ3) is 3.08. The molecule has 1 saturated heterocycles. The van der Waals surface area contributed by atoms with Gasteiger partial charge in [-0.25, -0.2) is 4.79 Å². The number of carboxylic acid groups (broad SMARTS) is 1. The molecule has 1 unspecified atom stereocenters. The minimum Gasteiger partial charge on any atom is -0.480 e. The van der Waals surface area contributed by atoms with E-state index in [2.05, 4.69) is 0 Å². The lowest BCUT2D eigenvalue weighted by Crippen LogP contribution is -2.41. The molecule has 1 heterocycles. The van der Waals surface area contributed by atoms with Gasteiger partial charge in [0.1, 0.15) is 6.04 Å². The first-order valence-electron chi connectivity index (χ1n) is 5.85. The number of benzene rings is 1. The number of carboxylic acids is 1. The number of carbonyl (C=O) groups excluding carboxylic acids is 1. The van der Waals surface area contributed by atoms with Crippen molar-refractivity contribution < 1.29 is 14.7 Å². The fourth-order valence-electron chi connectivity index (χ4n) is 1.88. The summed E-state index contributed by atoms with van der Waals surface area (Å²) < 4.78 is 0. The molecule has 0 bridgehead atoms. The van der Waals surface area contributed by atoms with Crippen LogP contribution in [0.25, 0.3) is 0 Å². The van der Waals surface area contributed by atoms with E-state index in [0.717, 1.165) is 0 Å². The first-order valence-corrected chi connectivity index (χ1v) is 7.99. The lowest BCUT2D eigenvalue weighted by molar-refractivity contribution is -0.140. The first-order chi connectivity index (χ1) is 9.65. The fourth-order valence-corrected chi connectivity index (χ4v) is 3.73. The zero-order chi connectivity index (χ0) is 14.5. The summed E-state index contributed by atoms with van der Waals surface area (Å²) in [6.07, 6.45) is 0. The van der Waals surface area contributed by atoms with Crippen LogP contribution in [0.3, 0.4) is 0 Å². The van der Waals surface area contributed by atoms with E-state index in [9.17, 15) is 9.59 Å². The van der Waals surface area contributed by atoms with Crippen molar-refractivity contribution in [3.63, 3.8) is 0 Å². The van der Waals surface area contributed by atoms with Crippen LogP contribution in [0.15, 0.2) is 29.2 Å². The molecule has 0 radical (unpaired) electrons. The first kappa shape index (κ1) is 14.8. The summed E-state index contributed by atoms with van der Waals surface area (Å²) in [5, 5.41) is 17.8. The largest absolute Gasteiger partial charge is 0.480 e. The van der Waals surface area contributed by atoms with Gasteiger partial charge < -0.3 is 10.0 Å². The standard InChI is InChI=1S/C13H12N2O3S2/c14-5-6-20-11-4-2-1-3-9(11)12(16)15-8-19-7-10(15)13(17)18/h1-4,10H,6-8H2,(H,17,18). The number of carbonyl (C=O) groups is 2. The number of rotatable bonds is 4. The van der Waals surface area contributed by atoms with Gasteiger partial charge in [0, 0.05) is 10.6 Å². The van der Waals surface area contributed by atoms with E-state index in [1.807, 2.05) is 6.07 Å². The number of thioether (sulfide) groups is 2. The van der Waals surface area contributed by atoms with Crippen LogP contribution in [0.1, 0.15) is 10.4 Å². The highest BCUT2D eigenvalue weighted by Crippen LogP contribution is 2.28. The predicted octanol–water partition coefficient (Wildman–Crippen LogP) is 1.90. The van der Waals surface area contributed by atoms with Crippen molar-refractivity contribution in [2.45, 2.75) is 10.9 Å². The summed E-state index contributed by atoms with van der Waals surface area (Å²) in [5.41, 5.74) is 0.460. The van der Waals surface area contributed by atoms with E-state index >= 15 is 0 Å². The second-order valence-electron chi connectivity index (χ2n) is 4.07. The minimum atomic E-state index is -0.981. The van der Waals surface area contributed by atoms with Crippen molar-refractivity contribution in [2.75, 3.05) is 17.4 Å². The van der Waals surface area contributed by atoms with Gasteiger partial charge in [0.25, 0.3) is 5.91 Å². The Morgan fingerprint density at radius 3 is 2.95 bits per heavy atom. The normalized spacial score (nSPS) is 17.8. The second kappa shape index (κ2) is 6.68. The zero-order valence-electron chi connectivity index (χ0n) is 10.5. The van der Waals surface area contributed by atoms with E-state index in [0.29, 0.717) is 22.1 Å². The Balaban J connectivity index is 2.25. The fraction of sp³-hybridized carbons (Fsp3) is 0.308. The van der Waals surface area contributed by atoms with Crippen molar-refractivity contribution in [1.29, 1.82) is 5.26 Å². The van der Waals surface area contributed by atoms with Crippen molar-refractivity contribution >= 4 is 35.4 Å². The Morgan fingerprint density at radius 2 is 2.25 bits per heavy atom. The van der Waals surface area contributed by atoms with Gasteiger partial charge >= 0.3 is 5.97 Å². The van der Waals surface area contributed by atoms with Crippen molar-refractivity contribution in [3.8, 4) is 6.07 Å². The third-order valence-corrected chi connectivity index (χ3v) is 4.79. The lowest BCUT2D eigenvalue weighted by Gasteiger charge is -2.21. The van der Waals surface area contributed by atoms with Gasteiger partial charge in [-0.1, -0.05) is 12.1 Å². The molecule has 1 aromatic rings. The summed E-state index contributed by atoms with van der Waals surface area (Å²) in [4.78, 5) is 25.7. The van der Waals surface area contributed by atoms with Gasteiger partial charge in [-0.15, -0.1) is 23.5 Å². The quantitative estimate of drug-likeness (QED) is 0.856. The molecule has 1 aliphatic rings. The van der Waals surface area contributed by atoms with E-state index in [1.165, 1.54) is 28.4 Å². The van der Waals surface area contributed by atoms with Crippen LogP contribution in [0.5, 0.6) is 0 Å². The molecular formula is C13H12N2O3S2. The van der Waals surface area contributed by atoms with Crippen LogP contribution in [0.2, 0.25) is 0 Å². The second-order valence-corrected chi connectivity index (χ2v) is 6.09. The SMILES string of the molecule is N#CCSc1ccccc1C(=O)N1CSCC1C(=O)O. The maximum absolute atomic E-state index is 12.5. The molecule has 1 fully saturated rings. The van der Waals surface area contributed by atoms with E-state index in [1.54, 1.807) is 24.3 Å². The topological polar surface area (TPSA) is 81.4 Å². The van der Waals surface area contributed by atoms with Crippen LogP contribution in [0.4, 0.5) is 0 Å². The molecule has 1 amide bonds. The highest BCUT2D eigenvalue weighted by Gasteiger charge is 2.35. The molecule has 20 heavy (non-hydrogen) atoms. The van der Waals surface area contributed by atoms with E-state index < -0.39 is 12.0 Å². The Morgan fingerprint density at radius 1 is 1.50 bits per heavy atom. The molecule has 5 nitrogen and oxygen atoms in total. The Bertz CT molecular complexity index is 571. The highest BCUT2D eigenvalue weighted by molar-refractivity contribution is 7.99. The maximum atomic E-state index is 12.5. The Labute approximate surface area is 124 Å². The molecule has 1 atom stereocenters. The van der Waals surface area contributed by atoms with Gasteiger partial charge in [0.2, 0.25) is 0 Å². The molecule has 1 aliphatic heterocycles. The molecule has 0 aliphatic carbocycles. The predicted molar refractivity (Wildman–Crippen MR) is 77.7 cm³/mol. The van der Waals surface area contributed by atoms with Crippen LogP contribution in [-0.4, -0.2) is 45.3 Å². The summed E-state index contributed by atoms with van der Waals surface area (Å²) >= 11 is 2.71. The van der Waals surface area contributed by atoms with Gasteiger partial charge in [-0.3, -0.25) is 4.79 Å². The Kier molecular flexibility index (Phi) is 4.93.